The van der Waals surface area contributed by atoms with E-state index in [-0.39, 0.29) is 0 Å². The quantitative estimate of drug-likeness (QED) is 0.847. The Hall–Kier alpha value is -1.79. The first-order valence-corrected chi connectivity index (χ1v) is 5.98. The largest absolute Gasteiger partial charge is 0.496 e. The number of anilines is 1. The van der Waals surface area contributed by atoms with Crippen molar-refractivity contribution in [3.05, 3.63) is 23.0 Å². The van der Waals surface area contributed by atoms with Crippen molar-refractivity contribution in [1.29, 1.82) is 0 Å². The molecule has 6 nitrogen and oxygen atoms in total. The average molecular weight is 284 g/mol. The van der Waals surface area contributed by atoms with Gasteiger partial charge in [0.2, 0.25) is 0 Å². The number of nitrogens with two attached hydrogens (primary N) is 1. The monoisotopic (exact) mass is 283 g/mol. The van der Waals surface area contributed by atoms with Gasteiger partial charge in [0.15, 0.2) is 5.82 Å². The molecule has 0 bridgehead atoms. The van der Waals surface area contributed by atoms with Crippen molar-refractivity contribution < 1.29 is 14.0 Å². The summed E-state index contributed by atoms with van der Waals surface area (Å²) in [4.78, 5) is 4.26. The molecule has 0 spiro atoms. The summed E-state index contributed by atoms with van der Waals surface area (Å²) in [6.45, 7) is 0.526. The zero-order chi connectivity index (χ0) is 13.8. The molecular formula is C12H14ClN3O3. The predicted octanol–water partition coefficient (Wildman–Crippen LogP) is 2.17. The van der Waals surface area contributed by atoms with Gasteiger partial charge in [-0.25, -0.2) is 0 Å². The van der Waals surface area contributed by atoms with E-state index in [0.717, 1.165) is 0 Å². The number of nitrogens with zero attached hydrogens (tertiary/aromatic N) is 2. The van der Waals surface area contributed by atoms with Crippen LogP contribution in [0.2, 0.25) is 5.02 Å². The third kappa shape index (κ3) is 2.97. The Morgan fingerprint density at radius 1 is 1.37 bits per heavy atom. The molecule has 0 amide bonds. The van der Waals surface area contributed by atoms with Gasteiger partial charge >= 0.3 is 0 Å². The number of hydrogen-bond acceptors (Lipinski definition) is 6. The van der Waals surface area contributed by atoms with Crippen LogP contribution in [-0.2, 0) is 11.2 Å². The number of aromatic nitrogens is 2. The number of halogens is 1. The topological polar surface area (TPSA) is 83.4 Å². The molecule has 0 atom stereocenters. The van der Waals surface area contributed by atoms with Gasteiger partial charge in [-0.3, -0.25) is 0 Å². The second-order valence-electron chi connectivity index (χ2n) is 3.83. The van der Waals surface area contributed by atoms with Gasteiger partial charge in [-0.05, 0) is 6.07 Å². The maximum atomic E-state index is 5.99. The molecule has 0 saturated carbocycles. The molecule has 7 heteroatoms. The van der Waals surface area contributed by atoms with Gasteiger partial charge in [-0.1, -0.05) is 16.8 Å². The van der Waals surface area contributed by atoms with E-state index >= 15 is 0 Å². The molecule has 0 aliphatic heterocycles. The maximum Gasteiger partial charge on any atom is 0.261 e. The van der Waals surface area contributed by atoms with Gasteiger partial charge < -0.3 is 19.7 Å². The Balaban J connectivity index is 2.35. The molecule has 2 N–H and O–H groups in total. The lowest BCUT2D eigenvalue weighted by Gasteiger charge is -2.07. The van der Waals surface area contributed by atoms with E-state index in [2.05, 4.69) is 10.1 Å². The number of benzene rings is 1. The lowest BCUT2D eigenvalue weighted by molar-refractivity contribution is 0.199. The van der Waals surface area contributed by atoms with Gasteiger partial charge in [-0.2, -0.15) is 4.98 Å². The van der Waals surface area contributed by atoms with Gasteiger partial charge in [0.05, 0.1) is 30.0 Å². The molecule has 0 unspecified atom stereocenters. The molecule has 0 fully saturated rings. The summed E-state index contributed by atoms with van der Waals surface area (Å²) in [6, 6.07) is 3.26. The first kappa shape index (κ1) is 13.6. The number of ether oxygens (including phenoxy) is 2. The van der Waals surface area contributed by atoms with Gasteiger partial charge in [0, 0.05) is 19.6 Å². The first-order chi connectivity index (χ1) is 9.15. The molecule has 1 aromatic carbocycles. The van der Waals surface area contributed by atoms with Crippen LogP contribution in [0.25, 0.3) is 11.5 Å². The Morgan fingerprint density at radius 2 is 2.16 bits per heavy atom. The van der Waals surface area contributed by atoms with Crippen LogP contribution in [0.4, 0.5) is 5.69 Å². The summed E-state index contributed by atoms with van der Waals surface area (Å²) in [5.74, 6) is 1.43. The fourth-order valence-corrected chi connectivity index (χ4v) is 1.73. The highest BCUT2D eigenvalue weighted by Gasteiger charge is 2.16. The zero-order valence-corrected chi connectivity index (χ0v) is 11.4. The van der Waals surface area contributed by atoms with E-state index in [1.54, 1.807) is 19.2 Å². The third-order valence-corrected chi connectivity index (χ3v) is 2.87. The summed E-state index contributed by atoms with van der Waals surface area (Å²) in [5, 5.41) is 4.27. The lowest BCUT2D eigenvalue weighted by atomic mass is 10.2. The summed E-state index contributed by atoms with van der Waals surface area (Å²) in [7, 11) is 3.15. The number of rotatable bonds is 5. The second-order valence-corrected chi connectivity index (χ2v) is 4.24. The summed E-state index contributed by atoms with van der Waals surface area (Å²) in [5.41, 5.74) is 6.76. The van der Waals surface area contributed by atoms with E-state index in [1.165, 1.54) is 7.11 Å². The van der Waals surface area contributed by atoms with Crippen molar-refractivity contribution in [1.82, 2.24) is 10.1 Å². The standard InChI is InChI=1S/C12H14ClN3O3/c1-17-4-3-11-15-12(19-16-11)7-5-8(13)9(14)6-10(7)18-2/h5-6H,3-4,14H2,1-2H3. The third-order valence-electron chi connectivity index (χ3n) is 2.55. The lowest BCUT2D eigenvalue weighted by Crippen LogP contribution is -1.96. The van der Waals surface area contributed by atoms with E-state index in [4.69, 9.17) is 31.3 Å². The van der Waals surface area contributed by atoms with Crippen molar-refractivity contribution in [3.63, 3.8) is 0 Å². The SMILES string of the molecule is COCCc1noc(-c2cc(Cl)c(N)cc2OC)n1. The molecule has 0 saturated heterocycles. The molecular weight excluding hydrogens is 270 g/mol. The highest BCUT2D eigenvalue weighted by molar-refractivity contribution is 6.33. The van der Waals surface area contributed by atoms with Crippen LogP contribution >= 0.6 is 11.6 Å². The first-order valence-electron chi connectivity index (χ1n) is 5.60. The van der Waals surface area contributed by atoms with Crippen LogP contribution in [0.5, 0.6) is 5.75 Å². The fraction of sp³-hybridized carbons (Fsp3) is 0.333. The van der Waals surface area contributed by atoms with Gasteiger partial charge in [0.1, 0.15) is 5.75 Å². The van der Waals surface area contributed by atoms with Crippen LogP contribution < -0.4 is 10.5 Å². The minimum absolute atomic E-state index is 0.338. The van der Waals surface area contributed by atoms with Crippen LogP contribution in [0.1, 0.15) is 5.82 Å². The Labute approximate surface area is 115 Å². The second kappa shape index (κ2) is 5.90. The van der Waals surface area contributed by atoms with E-state index in [1.807, 2.05) is 0 Å². The number of nitrogen functional groups attached to an aromatic ring is 1. The molecule has 1 aromatic heterocycles. The van der Waals surface area contributed by atoms with E-state index < -0.39 is 0 Å². The van der Waals surface area contributed by atoms with Crippen LogP contribution in [-0.4, -0.2) is 31.0 Å². The molecule has 102 valence electrons. The number of hydrogen-bond donors (Lipinski definition) is 1. The smallest absolute Gasteiger partial charge is 0.261 e. The van der Waals surface area contributed by atoms with Crippen molar-refractivity contribution >= 4 is 17.3 Å². The van der Waals surface area contributed by atoms with Gasteiger partial charge in [0.25, 0.3) is 5.89 Å². The van der Waals surface area contributed by atoms with Crippen molar-refractivity contribution in [3.8, 4) is 17.2 Å². The highest BCUT2D eigenvalue weighted by Crippen LogP contribution is 2.35. The molecule has 0 aliphatic rings. The van der Waals surface area contributed by atoms with Crippen LogP contribution in [0.3, 0.4) is 0 Å². The maximum absolute atomic E-state index is 5.99. The minimum atomic E-state index is 0.338. The molecule has 1 heterocycles. The zero-order valence-electron chi connectivity index (χ0n) is 10.6. The summed E-state index contributed by atoms with van der Waals surface area (Å²) >= 11 is 5.99. The van der Waals surface area contributed by atoms with Crippen LogP contribution in [0, 0.1) is 0 Å². The molecule has 2 aromatic rings. The van der Waals surface area contributed by atoms with Crippen LogP contribution in [0.15, 0.2) is 16.7 Å². The molecule has 0 radical (unpaired) electrons. The Kier molecular flexibility index (Phi) is 4.24. The highest BCUT2D eigenvalue weighted by atomic mass is 35.5. The van der Waals surface area contributed by atoms with E-state index in [0.29, 0.717) is 46.8 Å². The molecule has 2 rings (SSSR count). The Bertz CT molecular complexity index is 571. The Morgan fingerprint density at radius 3 is 2.84 bits per heavy atom. The minimum Gasteiger partial charge on any atom is -0.496 e. The average Bonchev–Trinajstić information content (AvgIpc) is 2.87. The van der Waals surface area contributed by atoms with Crippen molar-refractivity contribution in [2.75, 3.05) is 26.6 Å². The summed E-state index contributed by atoms with van der Waals surface area (Å²) in [6.07, 6.45) is 0.574. The molecule has 19 heavy (non-hydrogen) atoms. The predicted molar refractivity (Wildman–Crippen MR) is 71.3 cm³/mol. The van der Waals surface area contributed by atoms with E-state index in [9.17, 15) is 0 Å². The normalized spacial score (nSPS) is 10.7. The van der Waals surface area contributed by atoms with Gasteiger partial charge in [-0.15, -0.1) is 0 Å². The van der Waals surface area contributed by atoms with Crippen molar-refractivity contribution in [2.24, 2.45) is 0 Å². The van der Waals surface area contributed by atoms with Crippen molar-refractivity contribution in [2.45, 2.75) is 6.42 Å². The number of methoxy groups -OCH3 is 2. The molecule has 0 aliphatic carbocycles. The summed E-state index contributed by atoms with van der Waals surface area (Å²) < 4.78 is 15.4. The fourth-order valence-electron chi connectivity index (χ4n) is 1.56.